The van der Waals surface area contributed by atoms with Crippen LogP contribution in [-0.2, 0) is 10.0 Å². The van der Waals surface area contributed by atoms with Gasteiger partial charge in [0, 0.05) is 11.4 Å². The van der Waals surface area contributed by atoms with E-state index in [-0.39, 0.29) is 15.5 Å². The van der Waals surface area contributed by atoms with Gasteiger partial charge in [-0.2, -0.15) is 5.10 Å². The molecule has 1 atom stereocenters. The predicted molar refractivity (Wildman–Crippen MR) is 115 cm³/mol. The van der Waals surface area contributed by atoms with Crippen molar-refractivity contribution < 1.29 is 12.8 Å². The Morgan fingerprint density at radius 1 is 1.30 bits per heavy atom. The van der Waals surface area contributed by atoms with E-state index < -0.39 is 15.8 Å². The van der Waals surface area contributed by atoms with Gasteiger partial charge in [0.25, 0.3) is 0 Å². The van der Waals surface area contributed by atoms with E-state index in [2.05, 4.69) is 32.4 Å². The number of sulfonamides is 1. The van der Waals surface area contributed by atoms with E-state index in [1.54, 1.807) is 30.1 Å². The number of rotatable bonds is 5. The molecule has 1 heterocycles. The van der Waals surface area contributed by atoms with Crippen LogP contribution in [0.5, 0.6) is 0 Å². The fourth-order valence-corrected chi connectivity index (χ4v) is 5.34. The van der Waals surface area contributed by atoms with Crippen molar-refractivity contribution in [2.75, 3.05) is 11.6 Å². The van der Waals surface area contributed by atoms with Gasteiger partial charge in [0.05, 0.1) is 27.9 Å². The third-order valence-electron chi connectivity index (χ3n) is 3.98. The Hall–Kier alpha value is -0.940. The summed E-state index contributed by atoms with van der Waals surface area (Å²) in [5.74, 6) is -0.602. The number of halogens is 4. The van der Waals surface area contributed by atoms with E-state index in [9.17, 15) is 12.8 Å². The lowest BCUT2D eigenvalue weighted by atomic mass is 10.2. The van der Waals surface area contributed by atoms with Crippen LogP contribution in [-0.4, -0.2) is 24.7 Å². The highest BCUT2D eigenvalue weighted by atomic mass is 127. The molecule has 0 fully saturated rings. The van der Waals surface area contributed by atoms with Gasteiger partial charge in [-0.15, -0.1) is 0 Å². The monoisotopic (exact) mass is 541 g/mol. The number of benzene rings is 2. The Morgan fingerprint density at radius 2 is 2.04 bits per heavy atom. The number of hydrogen-bond acceptors (Lipinski definition) is 4. The highest BCUT2D eigenvalue weighted by Crippen LogP contribution is 2.35. The van der Waals surface area contributed by atoms with Gasteiger partial charge in [-0.25, -0.2) is 17.5 Å². The first-order valence-corrected chi connectivity index (χ1v) is 11.4. The fraction of sp³-hybridized carbons (Fsp3) is 0.235. The zero-order valence-electron chi connectivity index (χ0n) is 14.1. The topological polar surface area (TPSA) is 61.8 Å². The summed E-state index contributed by atoms with van der Waals surface area (Å²) in [5, 5.41) is 7.20. The Bertz CT molecular complexity index is 1020. The number of alkyl halides is 1. The number of nitrogens with one attached hydrogen (secondary N) is 1. The largest absolute Gasteiger partial charge is 0.251 e. The first kappa shape index (κ1) is 20.8. The molecule has 1 aliphatic heterocycles. The lowest BCUT2D eigenvalue weighted by Gasteiger charge is -2.19. The number of anilines is 1. The van der Waals surface area contributed by atoms with Crippen molar-refractivity contribution in [2.45, 2.75) is 22.3 Å². The first-order valence-electron chi connectivity index (χ1n) is 7.88. The summed E-state index contributed by atoms with van der Waals surface area (Å²) in [6.07, 6.45) is 0.560. The van der Waals surface area contributed by atoms with Crippen molar-refractivity contribution >= 4 is 67.2 Å². The molecular formula is C17H15Cl2FIN3O2S. The van der Waals surface area contributed by atoms with Gasteiger partial charge in [-0.3, -0.25) is 5.01 Å². The Labute approximate surface area is 180 Å². The minimum Gasteiger partial charge on any atom is -0.251 e. The molecule has 2 aromatic carbocycles. The molecule has 10 heteroatoms. The summed E-state index contributed by atoms with van der Waals surface area (Å²) >= 11 is 14.4. The van der Waals surface area contributed by atoms with E-state index in [0.717, 1.165) is 6.07 Å². The molecule has 0 unspecified atom stereocenters. The summed E-state index contributed by atoms with van der Waals surface area (Å²) in [6.45, 7) is 1.64. The van der Waals surface area contributed by atoms with Crippen LogP contribution in [0.25, 0.3) is 0 Å². The van der Waals surface area contributed by atoms with Gasteiger partial charge in [-0.05, 0) is 42.8 Å². The van der Waals surface area contributed by atoms with Gasteiger partial charge in [0.2, 0.25) is 10.0 Å². The van der Waals surface area contributed by atoms with Crippen LogP contribution in [0, 0.1) is 12.7 Å². The van der Waals surface area contributed by atoms with Crippen molar-refractivity contribution in [2.24, 2.45) is 5.10 Å². The number of nitrogens with zero attached hydrogens (tertiary/aromatic N) is 2. The maximum atomic E-state index is 13.4. The summed E-state index contributed by atoms with van der Waals surface area (Å²) in [7, 11) is -3.85. The van der Waals surface area contributed by atoms with Crippen LogP contribution in [0.15, 0.2) is 46.4 Å². The van der Waals surface area contributed by atoms with E-state index >= 15 is 0 Å². The summed E-state index contributed by atoms with van der Waals surface area (Å²) in [6, 6.07) is 8.78. The second-order valence-electron chi connectivity index (χ2n) is 5.98. The van der Waals surface area contributed by atoms with Crippen LogP contribution in [0.3, 0.4) is 0 Å². The van der Waals surface area contributed by atoms with E-state index in [1.807, 2.05) is 0 Å². The molecule has 0 saturated carbocycles. The standard InChI is InChI=1S/C17H15Cl2FIN3O2S/c1-10-2-4-12(20)7-16(10)27(25,26)22-9-13-8-17(21)24(23-13)15-5-3-11(18)6-14(15)19/h2-7,17,22H,8-9H2,1H3/t17-/m0/s1. The SMILES string of the molecule is Cc1ccc(F)cc1S(=O)(=O)NCC1=NN(c2ccc(Cl)cc2Cl)[C@H](I)C1. The van der Waals surface area contributed by atoms with E-state index in [0.29, 0.717) is 33.4 Å². The highest BCUT2D eigenvalue weighted by molar-refractivity contribution is 14.1. The number of hydrazone groups is 1. The smallest absolute Gasteiger partial charge is 0.241 e. The van der Waals surface area contributed by atoms with Gasteiger partial charge < -0.3 is 0 Å². The molecule has 0 aliphatic carbocycles. The minimum absolute atomic E-state index is 0.0170. The average molecular weight is 542 g/mol. The molecule has 3 rings (SSSR count). The molecule has 1 N–H and O–H groups in total. The quantitative estimate of drug-likeness (QED) is 0.338. The molecule has 27 heavy (non-hydrogen) atoms. The van der Waals surface area contributed by atoms with Crippen LogP contribution in [0.1, 0.15) is 12.0 Å². The number of hydrogen-bond donors (Lipinski definition) is 1. The summed E-state index contributed by atoms with van der Waals surface area (Å²) in [4.78, 5) is -0.0790. The zero-order valence-corrected chi connectivity index (χ0v) is 18.6. The fourth-order valence-electron chi connectivity index (χ4n) is 2.64. The van der Waals surface area contributed by atoms with E-state index in [1.165, 1.54) is 12.1 Å². The predicted octanol–water partition coefficient (Wildman–Crippen LogP) is 4.75. The normalized spacial score (nSPS) is 17.3. The van der Waals surface area contributed by atoms with Crippen molar-refractivity contribution in [1.82, 2.24) is 4.72 Å². The first-order chi connectivity index (χ1) is 12.7. The lowest BCUT2D eigenvalue weighted by Crippen LogP contribution is -2.30. The summed E-state index contributed by atoms with van der Waals surface area (Å²) < 4.78 is 40.9. The minimum atomic E-state index is -3.85. The Morgan fingerprint density at radius 3 is 2.74 bits per heavy atom. The van der Waals surface area contributed by atoms with Crippen LogP contribution in [0.2, 0.25) is 10.0 Å². The molecule has 0 amide bonds. The maximum absolute atomic E-state index is 13.4. The molecular weight excluding hydrogens is 527 g/mol. The third-order valence-corrected chi connectivity index (χ3v) is 7.03. The van der Waals surface area contributed by atoms with Gasteiger partial charge >= 0.3 is 0 Å². The van der Waals surface area contributed by atoms with Crippen LogP contribution in [0.4, 0.5) is 10.1 Å². The van der Waals surface area contributed by atoms with E-state index in [4.69, 9.17) is 23.2 Å². The van der Waals surface area contributed by atoms with Gasteiger partial charge in [-0.1, -0.05) is 51.9 Å². The maximum Gasteiger partial charge on any atom is 0.241 e. The second-order valence-corrected chi connectivity index (χ2v) is 10.00. The van der Waals surface area contributed by atoms with Gasteiger partial charge in [0.1, 0.15) is 9.87 Å². The number of aryl methyl sites for hydroxylation is 1. The molecule has 1 aliphatic rings. The Balaban J connectivity index is 1.77. The van der Waals surface area contributed by atoms with Crippen molar-refractivity contribution in [1.29, 1.82) is 0 Å². The molecule has 0 radical (unpaired) electrons. The molecule has 0 aromatic heterocycles. The summed E-state index contributed by atoms with van der Waals surface area (Å²) in [5.41, 5.74) is 1.82. The Kier molecular flexibility index (Phi) is 6.31. The molecule has 5 nitrogen and oxygen atoms in total. The van der Waals surface area contributed by atoms with Crippen LogP contribution >= 0.6 is 45.8 Å². The van der Waals surface area contributed by atoms with Crippen molar-refractivity contribution in [3.8, 4) is 0 Å². The molecule has 0 bridgehead atoms. The highest BCUT2D eigenvalue weighted by Gasteiger charge is 2.28. The third kappa shape index (κ3) is 4.73. The van der Waals surface area contributed by atoms with Crippen molar-refractivity contribution in [3.05, 3.63) is 57.8 Å². The van der Waals surface area contributed by atoms with Crippen molar-refractivity contribution in [3.63, 3.8) is 0 Å². The molecule has 2 aromatic rings. The average Bonchev–Trinajstić information content (AvgIpc) is 2.96. The van der Waals surface area contributed by atoms with Gasteiger partial charge in [0.15, 0.2) is 0 Å². The second kappa shape index (κ2) is 8.20. The molecule has 144 valence electrons. The lowest BCUT2D eigenvalue weighted by molar-refractivity contribution is 0.581. The zero-order chi connectivity index (χ0) is 19.8. The molecule has 0 saturated heterocycles. The van der Waals surface area contributed by atoms with Crippen LogP contribution < -0.4 is 9.73 Å². The molecule has 0 spiro atoms.